The van der Waals surface area contributed by atoms with Crippen LogP contribution in [0.25, 0.3) is 0 Å². The molecule has 3 N–H and O–H groups in total. The summed E-state index contributed by atoms with van der Waals surface area (Å²) in [6, 6.07) is 4.00. The predicted molar refractivity (Wildman–Crippen MR) is 71.3 cm³/mol. The summed E-state index contributed by atoms with van der Waals surface area (Å²) in [6.45, 7) is 4.03. The number of carbonyl (C=O) groups is 1. The van der Waals surface area contributed by atoms with Crippen LogP contribution in [0.2, 0.25) is 0 Å². The topological polar surface area (TPSA) is 64.4 Å². The number of hydrogen-bond acceptors (Lipinski definition) is 3. The van der Waals surface area contributed by atoms with E-state index in [-0.39, 0.29) is 11.0 Å². The summed E-state index contributed by atoms with van der Waals surface area (Å²) in [5.74, 6) is -0.971. The largest absolute Gasteiger partial charge is 0.399 e. The maximum atomic E-state index is 13.5. The Labute approximate surface area is 112 Å². The summed E-state index contributed by atoms with van der Waals surface area (Å²) in [4.78, 5) is 12.0. The number of hydrogen-bond donors (Lipinski definition) is 2. The maximum absolute atomic E-state index is 13.5. The van der Waals surface area contributed by atoms with Crippen molar-refractivity contribution in [1.29, 1.82) is 0 Å². The van der Waals surface area contributed by atoms with Crippen molar-refractivity contribution in [2.45, 2.75) is 19.8 Å². The molecular formula is C14H19FN2O2. The van der Waals surface area contributed by atoms with E-state index >= 15 is 0 Å². The van der Waals surface area contributed by atoms with Gasteiger partial charge in [0.2, 0.25) is 0 Å². The third-order valence-corrected chi connectivity index (χ3v) is 3.61. The van der Waals surface area contributed by atoms with Crippen molar-refractivity contribution in [2.75, 3.05) is 25.5 Å². The molecule has 19 heavy (non-hydrogen) atoms. The highest BCUT2D eigenvalue weighted by Gasteiger charge is 2.28. The number of nitrogen functional groups attached to an aromatic ring is 1. The summed E-state index contributed by atoms with van der Waals surface area (Å²) in [7, 11) is 0. The number of rotatable bonds is 3. The second kappa shape index (κ2) is 5.57. The van der Waals surface area contributed by atoms with Gasteiger partial charge in [0.25, 0.3) is 5.91 Å². The molecule has 0 aromatic heterocycles. The van der Waals surface area contributed by atoms with E-state index in [4.69, 9.17) is 10.5 Å². The second-order valence-corrected chi connectivity index (χ2v) is 5.34. The van der Waals surface area contributed by atoms with Gasteiger partial charge in [-0.1, -0.05) is 6.92 Å². The van der Waals surface area contributed by atoms with Crippen molar-refractivity contribution in [1.82, 2.24) is 5.32 Å². The number of anilines is 1. The summed E-state index contributed by atoms with van der Waals surface area (Å²) in [6.07, 6.45) is 1.79. The van der Waals surface area contributed by atoms with E-state index in [0.29, 0.717) is 25.4 Å². The van der Waals surface area contributed by atoms with Crippen molar-refractivity contribution < 1.29 is 13.9 Å². The molecule has 0 radical (unpaired) electrons. The Bertz CT molecular complexity index is 471. The molecule has 104 valence electrons. The molecule has 4 nitrogen and oxygen atoms in total. The molecule has 1 aliphatic rings. The minimum atomic E-state index is -0.552. The zero-order valence-corrected chi connectivity index (χ0v) is 11.0. The molecular weight excluding hydrogens is 247 g/mol. The number of nitrogens with one attached hydrogen (secondary N) is 1. The monoisotopic (exact) mass is 266 g/mol. The number of halogens is 1. The summed E-state index contributed by atoms with van der Waals surface area (Å²) in [5, 5.41) is 2.79. The smallest absolute Gasteiger partial charge is 0.254 e. The molecule has 5 heteroatoms. The average Bonchev–Trinajstić information content (AvgIpc) is 2.40. The van der Waals surface area contributed by atoms with Crippen molar-refractivity contribution in [3.8, 4) is 0 Å². The molecule has 0 spiro atoms. The Hall–Kier alpha value is -1.62. The van der Waals surface area contributed by atoms with Gasteiger partial charge in [-0.3, -0.25) is 4.79 Å². The fourth-order valence-corrected chi connectivity index (χ4v) is 2.15. The molecule has 1 aromatic carbocycles. The van der Waals surface area contributed by atoms with Crippen molar-refractivity contribution in [3.05, 3.63) is 29.6 Å². The van der Waals surface area contributed by atoms with Gasteiger partial charge in [-0.05, 0) is 36.5 Å². The van der Waals surface area contributed by atoms with Gasteiger partial charge in [0.15, 0.2) is 0 Å². The van der Waals surface area contributed by atoms with Crippen LogP contribution in [0.3, 0.4) is 0 Å². The SMILES string of the molecule is CC1(CNC(=O)c2cc(N)ccc2F)CCOCC1. The zero-order chi connectivity index (χ0) is 13.9. The zero-order valence-electron chi connectivity index (χ0n) is 11.0. The Balaban J connectivity index is 1.99. The van der Waals surface area contributed by atoms with Gasteiger partial charge in [0.05, 0.1) is 5.56 Å². The Morgan fingerprint density at radius 2 is 2.16 bits per heavy atom. The van der Waals surface area contributed by atoms with Gasteiger partial charge in [-0.25, -0.2) is 4.39 Å². The van der Waals surface area contributed by atoms with Crippen LogP contribution in [0.15, 0.2) is 18.2 Å². The highest BCUT2D eigenvalue weighted by Crippen LogP contribution is 2.28. The Morgan fingerprint density at radius 3 is 2.84 bits per heavy atom. The minimum absolute atomic E-state index is 0.00402. The van der Waals surface area contributed by atoms with Gasteiger partial charge in [-0.2, -0.15) is 0 Å². The number of nitrogens with two attached hydrogens (primary N) is 1. The second-order valence-electron chi connectivity index (χ2n) is 5.34. The number of amides is 1. The average molecular weight is 266 g/mol. The quantitative estimate of drug-likeness (QED) is 0.822. The normalized spacial score (nSPS) is 18.0. The van der Waals surface area contributed by atoms with Gasteiger partial charge < -0.3 is 15.8 Å². The molecule has 0 atom stereocenters. The lowest BCUT2D eigenvalue weighted by Crippen LogP contribution is -2.39. The molecule has 0 unspecified atom stereocenters. The van der Waals surface area contributed by atoms with Crippen LogP contribution in [-0.2, 0) is 4.74 Å². The molecule has 1 heterocycles. The maximum Gasteiger partial charge on any atom is 0.254 e. The Kier molecular flexibility index (Phi) is 4.04. The van der Waals surface area contributed by atoms with E-state index in [1.165, 1.54) is 18.2 Å². The van der Waals surface area contributed by atoms with Crippen molar-refractivity contribution in [2.24, 2.45) is 5.41 Å². The van der Waals surface area contributed by atoms with Gasteiger partial charge in [0.1, 0.15) is 5.82 Å². The summed E-state index contributed by atoms with van der Waals surface area (Å²) >= 11 is 0. The lowest BCUT2D eigenvalue weighted by molar-refractivity contribution is 0.0238. The first kappa shape index (κ1) is 13.8. The van der Waals surface area contributed by atoms with Crippen LogP contribution in [0.4, 0.5) is 10.1 Å². The third kappa shape index (κ3) is 3.44. The lowest BCUT2D eigenvalue weighted by atomic mass is 9.82. The molecule has 1 saturated heterocycles. The van der Waals surface area contributed by atoms with E-state index in [1.807, 2.05) is 0 Å². The molecule has 2 rings (SSSR count). The number of benzene rings is 1. The van der Waals surface area contributed by atoms with Crippen LogP contribution < -0.4 is 11.1 Å². The van der Waals surface area contributed by atoms with Crippen LogP contribution in [0.5, 0.6) is 0 Å². The van der Waals surface area contributed by atoms with Gasteiger partial charge in [-0.15, -0.1) is 0 Å². The fraction of sp³-hybridized carbons (Fsp3) is 0.500. The first-order chi connectivity index (χ1) is 9.00. The van der Waals surface area contributed by atoms with E-state index in [2.05, 4.69) is 12.2 Å². The van der Waals surface area contributed by atoms with E-state index in [9.17, 15) is 9.18 Å². The highest BCUT2D eigenvalue weighted by molar-refractivity contribution is 5.95. The molecule has 0 bridgehead atoms. The molecule has 0 saturated carbocycles. The molecule has 1 fully saturated rings. The van der Waals surface area contributed by atoms with Crippen LogP contribution in [0, 0.1) is 11.2 Å². The van der Waals surface area contributed by atoms with Crippen LogP contribution in [-0.4, -0.2) is 25.7 Å². The lowest BCUT2D eigenvalue weighted by Gasteiger charge is -2.33. The van der Waals surface area contributed by atoms with Crippen molar-refractivity contribution >= 4 is 11.6 Å². The first-order valence-electron chi connectivity index (χ1n) is 6.41. The standard InChI is InChI=1S/C14H19FN2O2/c1-14(4-6-19-7-5-14)9-17-13(18)11-8-10(16)2-3-12(11)15/h2-3,8H,4-7,9,16H2,1H3,(H,17,18). The van der Waals surface area contributed by atoms with Gasteiger partial charge in [0, 0.05) is 25.4 Å². The number of carbonyl (C=O) groups excluding carboxylic acids is 1. The highest BCUT2D eigenvalue weighted by atomic mass is 19.1. The minimum Gasteiger partial charge on any atom is -0.399 e. The first-order valence-corrected chi connectivity index (χ1v) is 6.41. The van der Waals surface area contributed by atoms with E-state index < -0.39 is 11.7 Å². The van der Waals surface area contributed by atoms with Crippen LogP contribution in [0.1, 0.15) is 30.1 Å². The molecule has 1 aromatic rings. The van der Waals surface area contributed by atoms with E-state index in [0.717, 1.165) is 12.8 Å². The van der Waals surface area contributed by atoms with E-state index in [1.54, 1.807) is 0 Å². The Morgan fingerprint density at radius 1 is 1.47 bits per heavy atom. The number of ether oxygens (including phenoxy) is 1. The third-order valence-electron chi connectivity index (χ3n) is 3.61. The van der Waals surface area contributed by atoms with Gasteiger partial charge >= 0.3 is 0 Å². The summed E-state index contributed by atoms with van der Waals surface area (Å²) in [5.41, 5.74) is 5.96. The van der Waals surface area contributed by atoms with Crippen LogP contribution >= 0.6 is 0 Å². The summed E-state index contributed by atoms with van der Waals surface area (Å²) < 4.78 is 18.8. The van der Waals surface area contributed by atoms with Crippen molar-refractivity contribution in [3.63, 3.8) is 0 Å². The molecule has 1 aliphatic heterocycles. The molecule has 1 amide bonds. The molecule has 0 aliphatic carbocycles. The predicted octanol–water partition coefficient (Wildman–Crippen LogP) is 1.95. The fourth-order valence-electron chi connectivity index (χ4n) is 2.15.